The summed E-state index contributed by atoms with van der Waals surface area (Å²) in [5.74, 6) is -0.871. The molecule has 2 aromatic heterocycles. The normalized spacial score (nSPS) is 11.9. The van der Waals surface area contributed by atoms with Crippen molar-refractivity contribution in [2.75, 3.05) is 11.8 Å². The van der Waals surface area contributed by atoms with Crippen LogP contribution in [0.15, 0.2) is 52.7 Å². The number of amides is 1. The van der Waals surface area contributed by atoms with E-state index in [0.29, 0.717) is 9.85 Å². The monoisotopic (exact) mass is 580 g/mol. The lowest BCUT2D eigenvalue weighted by Crippen LogP contribution is -2.32. The van der Waals surface area contributed by atoms with E-state index in [1.165, 1.54) is 31.4 Å². The molecular formula is C25H26ClFN4O5S2. The van der Waals surface area contributed by atoms with Gasteiger partial charge in [0, 0.05) is 6.54 Å². The van der Waals surface area contributed by atoms with Gasteiger partial charge in [0.2, 0.25) is 0 Å². The molecule has 0 aliphatic heterocycles. The van der Waals surface area contributed by atoms with Crippen molar-refractivity contribution in [2.45, 2.75) is 43.7 Å². The molecule has 0 unspecified atom stereocenters. The first-order chi connectivity index (χ1) is 17.9. The number of methoxy groups -OCH3 is 1. The maximum Gasteiger partial charge on any atom is 0.407 e. The van der Waals surface area contributed by atoms with Gasteiger partial charge in [-0.25, -0.2) is 17.6 Å². The van der Waals surface area contributed by atoms with Crippen LogP contribution in [0.3, 0.4) is 0 Å². The van der Waals surface area contributed by atoms with Gasteiger partial charge in [-0.3, -0.25) is 9.40 Å². The second-order valence-corrected chi connectivity index (χ2v) is 12.9. The van der Waals surface area contributed by atoms with Crippen molar-refractivity contribution >= 4 is 55.8 Å². The van der Waals surface area contributed by atoms with E-state index in [1.807, 2.05) is 24.3 Å². The Morgan fingerprint density at radius 1 is 1.16 bits per heavy atom. The molecule has 0 fully saturated rings. The van der Waals surface area contributed by atoms with E-state index >= 15 is 0 Å². The number of nitrogens with zero attached hydrogens (tertiary/aromatic N) is 2. The third kappa shape index (κ3) is 6.37. The minimum absolute atomic E-state index is 0.00856. The Balaban J connectivity index is 1.65. The molecule has 0 saturated carbocycles. The van der Waals surface area contributed by atoms with Crippen molar-refractivity contribution < 1.29 is 27.1 Å². The van der Waals surface area contributed by atoms with Gasteiger partial charge >= 0.3 is 6.09 Å². The molecule has 2 N–H and O–H groups in total. The molecule has 0 saturated heterocycles. The van der Waals surface area contributed by atoms with Crippen LogP contribution in [0.5, 0.6) is 5.75 Å². The van der Waals surface area contributed by atoms with Gasteiger partial charge in [-0.1, -0.05) is 35.9 Å². The second-order valence-electron chi connectivity index (χ2n) is 9.32. The van der Waals surface area contributed by atoms with Crippen molar-refractivity contribution in [2.24, 2.45) is 0 Å². The number of sulfonamides is 1. The highest BCUT2D eigenvalue weighted by Crippen LogP contribution is 2.36. The van der Waals surface area contributed by atoms with Crippen LogP contribution in [0.2, 0.25) is 4.34 Å². The number of rotatable bonds is 8. The van der Waals surface area contributed by atoms with Gasteiger partial charge in [0.25, 0.3) is 10.0 Å². The fraction of sp³-hybridized carbons (Fsp3) is 0.280. The number of alkyl carbamates (subject to hydrolysis) is 1. The minimum Gasteiger partial charge on any atom is -0.493 e. The molecule has 2 heterocycles. The van der Waals surface area contributed by atoms with Crippen LogP contribution in [0.4, 0.5) is 15.0 Å². The lowest BCUT2D eigenvalue weighted by molar-refractivity contribution is 0.0523. The molecule has 13 heteroatoms. The van der Waals surface area contributed by atoms with Crippen molar-refractivity contribution in [3.63, 3.8) is 0 Å². The van der Waals surface area contributed by atoms with E-state index in [0.717, 1.165) is 22.5 Å². The molecule has 0 bridgehead atoms. The Morgan fingerprint density at radius 2 is 1.89 bits per heavy atom. The van der Waals surface area contributed by atoms with Gasteiger partial charge in [0.15, 0.2) is 17.4 Å². The van der Waals surface area contributed by atoms with Crippen LogP contribution in [0.1, 0.15) is 31.9 Å². The largest absolute Gasteiger partial charge is 0.493 e. The quantitative estimate of drug-likeness (QED) is 0.273. The molecule has 38 heavy (non-hydrogen) atoms. The first-order valence-electron chi connectivity index (χ1n) is 11.4. The van der Waals surface area contributed by atoms with Gasteiger partial charge in [0.1, 0.15) is 9.81 Å². The molecule has 4 rings (SSSR count). The maximum absolute atomic E-state index is 14.6. The number of hydrogen-bond acceptors (Lipinski definition) is 7. The summed E-state index contributed by atoms with van der Waals surface area (Å²) in [6, 6.07) is 13.0. The maximum atomic E-state index is 14.6. The van der Waals surface area contributed by atoms with Gasteiger partial charge < -0.3 is 14.8 Å². The van der Waals surface area contributed by atoms with Gasteiger partial charge in [-0.2, -0.15) is 5.10 Å². The zero-order chi connectivity index (χ0) is 27.7. The number of carbonyl (C=O) groups is 1. The zero-order valence-electron chi connectivity index (χ0n) is 21.0. The summed E-state index contributed by atoms with van der Waals surface area (Å²) in [4.78, 5) is 12.0. The summed E-state index contributed by atoms with van der Waals surface area (Å²) in [5, 5.41) is 7.36. The average Bonchev–Trinajstić information content (AvgIpc) is 3.41. The molecule has 0 atom stereocenters. The summed E-state index contributed by atoms with van der Waals surface area (Å²) in [5.41, 5.74) is 1.50. The number of ether oxygens (including phenoxy) is 2. The third-order valence-corrected chi connectivity index (χ3v) is 8.29. The van der Waals surface area contributed by atoms with Gasteiger partial charge in [-0.05, 0) is 56.2 Å². The molecule has 2 aromatic carbocycles. The number of nitrogens with one attached hydrogen (secondary N) is 2. The Morgan fingerprint density at radius 3 is 2.55 bits per heavy atom. The predicted octanol–water partition coefficient (Wildman–Crippen LogP) is 5.77. The van der Waals surface area contributed by atoms with Gasteiger partial charge in [-0.15, -0.1) is 11.3 Å². The van der Waals surface area contributed by atoms with Crippen LogP contribution >= 0.6 is 22.9 Å². The van der Waals surface area contributed by atoms with Crippen LogP contribution in [0, 0.1) is 5.82 Å². The highest BCUT2D eigenvalue weighted by molar-refractivity contribution is 7.94. The topological polar surface area (TPSA) is 112 Å². The van der Waals surface area contributed by atoms with Crippen molar-refractivity contribution in [3.8, 4) is 5.75 Å². The fourth-order valence-electron chi connectivity index (χ4n) is 3.73. The average molecular weight is 581 g/mol. The summed E-state index contributed by atoms with van der Waals surface area (Å²) < 4.78 is 55.4. The molecule has 0 spiro atoms. The highest BCUT2D eigenvalue weighted by Gasteiger charge is 2.24. The number of thiophene rings is 1. The molecule has 0 radical (unpaired) electrons. The summed E-state index contributed by atoms with van der Waals surface area (Å²) in [6.45, 7) is 5.83. The second kappa shape index (κ2) is 10.8. The number of hydrogen-bond donors (Lipinski definition) is 2. The minimum atomic E-state index is -4.04. The zero-order valence-corrected chi connectivity index (χ0v) is 23.4. The Kier molecular flexibility index (Phi) is 7.86. The number of halogens is 2. The molecule has 0 aliphatic rings. The number of anilines is 1. The van der Waals surface area contributed by atoms with Crippen LogP contribution in [0.25, 0.3) is 10.9 Å². The summed E-state index contributed by atoms with van der Waals surface area (Å²) in [6.07, 6.45) is -0.529. The van der Waals surface area contributed by atoms with E-state index in [-0.39, 0.29) is 34.3 Å². The van der Waals surface area contributed by atoms with Crippen molar-refractivity contribution in [1.82, 2.24) is 15.1 Å². The molecule has 0 aliphatic carbocycles. The molecular weight excluding hydrogens is 555 g/mol. The predicted molar refractivity (Wildman–Crippen MR) is 145 cm³/mol. The van der Waals surface area contributed by atoms with E-state index in [4.69, 9.17) is 21.1 Å². The number of aromatic nitrogens is 2. The first-order valence-corrected chi connectivity index (χ1v) is 14.1. The van der Waals surface area contributed by atoms with Crippen LogP contribution < -0.4 is 14.8 Å². The Labute approximate surface area is 228 Å². The van der Waals surface area contributed by atoms with Crippen LogP contribution in [-0.2, 0) is 27.8 Å². The highest BCUT2D eigenvalue weighted by atomic mass is 35.5. The van der Waals surface area contributed by atoms with E-state index in [9.17, 15) is 17.6 Å². The van der Waals surface area contributed by atoms with E-state index in [1.54, 1.807) is 25.5 Å². The molecule has 4 aromatic rings. The lowest BCUT2D eigenvalue weighted by Gasteiger charge is -2.19. The first kappa shape index (κ1) is 27.7. The van der Waals surface area contributed by atoms with Crippen LogP contribution in [-0.4, -0.2) is 37.0 Å². The fourth-order valence-corrected chi connectivity index (χ4v) is 6.22. The Bertz CT molecular complexity index is 1600. The Hall–Kier alpha value is -3.35. The summed E-state index contributed by atoms with van der Waals surface area (Å²) >= 11 is 6.80. The smallest absolute Gasteiger partial charge is 0.407 e. The van der Waals surface area contributed by atoms with Gasteiger partial charge in [0.05, 0.1) is 28.9 Å². The third-order valence-electron chi connectivity index (χ3n) is 5.23. The standard InChI is InChI=1S/C25H26ClFN4O5S2/c1-25(2,3)36-24(32)28-13-15-6-5-7-16(12-15)14-31-18-9-8-17(27)22(35-4)21(18)23(29-31)30-38(33,34)20-11-10-19(26)37-20/h5-12H,13-14H2,1-4H3,(H,28,32)(H,29,30). The molecule has 9 nitrogen and oxygen atoms in total. The lowest BCUT2D eigenvalue weighted by atomic mass is 10.1. The van der Waals surface area contributed by atoms with E-state index < -0.39 is 27.5 Å². The van der Waals surface area contributed by atoms with Crippen molar-refractivity contribution in [1.29, 1.82) is 0 Å². The molecule has 1 amide bonds. The summed E-state index contributed by atoms with van der Waals surface area (Å²) in [7, 11) is -2.74. The number of benzene rings is 2. The number of fused-ring (bicyclic) bond motifs is 1. The van der Waals surface area contributed by atoms with E-state index in [2.05, 4.69) is 15.1 Å². The van der Waals surface area contributed by atoms with Crippen molar-refractivity contribution in [3.05, 3.63) is 69.8 Å². The number of carbonyl (C=O) groups excluding carboxylic acids is 1. The molecule has 202 valence electrons. The SMILES string of the molecule is COc1c(F)ccc2c1c(NS(=O)(=O)c1ccc(Cl)s1)nn2Cc1cccc(CNC(=O)OC(C)(C)C)c1.